The Morgan fingerprint density at radius 2 is 2.12 bits per heavy atom. The molecular formula is C13H18BrClN2. The van der Waals surface area contributed by atoms with Gasteiger partial charge in [0.15, 0.2) is 0 Å². The molecule has 94 valence electrons. The monoisotopic (exact) mass is 316 g/mol. The zero-order valence-corrected chi connectivity index (χ0v) is 12.1. The van der Waals surface area contributed by atoms with E-state index < -0.39 is 0 Å². The summed E-state index contributed by atoms with van der Waals surface area (Å²) in [6, 6.07) is 6.25. The number of nitrogens with two attached hydrogens (primary N) is 1. The molecule has 0 amide bonds. The van der Waals surface area contributed by atoms with Crippen molar-refractivity contribution in [3.05, 3.63) is 33.3 Å². The smallest absolute Gasteiger partial charge is 0.0548 e. The third-order valence-corrected chi connectivity index (χ3v) is 4.80. The van der Waals surface area contributed by atoms with Gasteiger partial charge in [-0.05, 0) is 46.0 Å². The highest BCUT2D eigenvalue weighted by Crippen LogP contribution is 2.34. The molecule has 4 heteroatoms. The minimum Gasteiger partial charge on any atom is -0.271 e. The van der Waals surface area contributed by atoms with Crippen LogP contribution in [0.5, 0.6) is 0 Å². The summed E-state index contributed by atoms with van der Waals surface area (Å²) in [5.74, 6) is 6.48. The normalized spacial score (nSPS) is 18.5. The van der Waals surface area contributed by atoms with Crippen LogP contribution in [0.4, 0.5) is 0 Å². The molecule has 1 unspecified atom stereocenters. The van der Waals surface area contributed by atoms with Crippen LogP contribution in [0.1, 0.15) is 43.7 Å². The Morgan fingerprint density at radius 1 is 1.41 bits per heavy atom. The lowest BCUT2D eigenvalue weighted by Gasteiger charge is -2.20. The maximum absolute atomic E-state index is 6.00. The van der Waals surface area contributed by atoms with E-state index in [1.54, 1.807) is 0 Å². The third kappa shape index (κ3) is 3.44. The molecule has 2 nitrogen and oxygen atoms in total. The molecule has 0 aromatic heterocycles. The molecule has 0 radical (unpaired) electrons. The maximum Gasteiger partial charge on any atom is 0.0548 e. The topological polar surface area (TPSA) is 38.0 Å². The lowest BCUT2D eigenvalue weighted by atomic mass is 9.94. The lowest BCUT2D eigenvalue weighted by molar-refractivity contribution is 0.400. The van der Waals surface area contributed by atoms with Gasteiger partial charge in [-0.25, -0.2) is 0 Å². The van der Waals surface area contributed by atoms with E-state index in [2.05, 4.69) is 27.4 Å². The summed E-state index contributed by atoms with van der Waals surface area (Å²) >= 11 is 9.46. The van der Waals surface area contributed by atoms with Gasteiger partial charge in [0.25, 0.3) is 0 Å². The van der Waals surface area contributed by atoms with E-state index in [4.69, 9.17) is 17.4 Å². The molecule has 1 atom stereocenters. The summed E-state index contributed by atoms with van der Waals surface area (Å²) < 4.78 is 0.934. The Balaban J connectivity index is 2.08. The molecule has 0 saturated heterocycles. The number of nitrogens with one attached hydrogen (secondary N) is 1. The number of hydrogen-bond acceptors (Lipinski definition) is 2. The number of rotatable bonds is 4. The molecule has 1 fully saturated rings. The van der Waals surface area contributed by atoms with Crippen molar-refractivity contribution in [3.8, 4) is 0 Å². The minimum atomic E-state index is 0.228. The van der Waals surface area contributed by atoms with Crippen molar-refractivity contribution in [1.29, 1.82) is 0 Å². The van der Waals surface area contributed by atoms with E-state index in [0.717, 1.165) is 21.8 Å². The van der Waals surface area contributed by atoms with Gasteiger partial charge in [-0.2, -0.15) is 0 Å². The van der Waals surface area contributed by atoms with Gasteiger partial charge >= 0.3 is 0 Å². The predicted octanol–water partition coefficient (Wildman–Crippen LogP) is 4.19. The van der Waals surface area contributed by atoms with Crippen molar-refractivity contribution < 1.29 is 0 Å². The summed E-state index contributed by atoms with van der Waals surface area (Å²) in [5.41, 5.74) is 4.13. The standard InChI is InChI=1S/C13H18BrClN2/c14-11-8-10(5-6-12(11)15)13(17-16)7-9-3-1-2-4-9/h5-6,8-9,13,17H,1-4,7,16H2. The van der Waals surface area contributed by atoms with Gasteiger partial charge in [-0.15, -0.1) is 0 Å². The molecule has 1 aromatic carbocycles. The van der Waals surface area contributed by atoms with Crippen molar-refractivity contribution in [2.45, 2.75) is 38.1 Å². The molecule has 1 aliphatic carbocycles. The van der Waals surface area contributed by atoms with Crippen LogP contribution in [-0.2, 0) is 0 Å². The summed E-state index contributed by atoms with van der Waals surface area (Å²) in [7, 11) is 0. The molecule has 0 aliphatic heterocycles. The summed E-state index contributed by atoms with van der Waals surface area (Å²) in [6.45, 7) is 0. The highest BCUT2D eigenvalue weighted by atomic mass is 79.9. The zero-order valence-electron chi connectivity index (χ0n) is 9.76. The Bertz CT molecular complexity index is 378. The second-order valence-electron chi connectivity index (χ2n) is 4.78. The first-order valence-electron chi connectivity index (χ1n) is 6.12. The lowest BCUT2D eigenvalue weighted by Crippen LogP contribution is -2.29. The van der Waals surface area contributed by atoms with Gasteiger partial charge < -0.3 is 0 Å². The molecule has 2 rings (SSSR count). The first-order valence-corrected chi connectivity index (χ1v) is 7.29. The summed E-state index contributed by atoms with van der Waals surface area (Å²) in [6.07, 6.45) is 6.53. The molecule has 3 N–H and O–H groups in total. The van der Waals surface area contributed by atoms with Gasteiger partial charge in [-0.1, -0.05) is 43.4 Å². The molecule has 0 bridgehead atoms. The molecule has 1 aromatic rings. The minimum absolute atomic E-state index is 0.228. The number of hydrazine groups is 1. The fraction of sp³-hybridized carbons (Fsp3) is 0.538. The van der Waals surface area contributed by atoms with Gasteiger partial charge in [0, 0.05) is 10.5 Å². The van der Waals surface area contributed by atoms with Crippen LogP contribution in [0.15, 0.2) is 22.7 Å². The maximum atomic E-state index is 6.00. The average molecular weight is 318 g/mol. The Labute approximate surface area is 116 Å². The Kier molecular flexibility index (Phi) is 4.86. The number of benzene rings is 1. The van der Waals surface area contributed by atoms with E-state index in [-0.39, 0.29) is 6.04 Å². The van der Waals surface area contributed by atoms with Crippen molar-refractivity contribution >= 4 is 27.5 Å². The van der Waals surface area contributed by atoms with Crippen LogP contribution in [0.25, 0.3) is 0 Å². The van der Waals surface area contributed by atoms with E-state index in [1.165, 1.54) is 31.2 Å². The number of halogens is 2. The zero-order chi connectivity index (χ0) is 12.3. The van der Waals surface area contributed by atoms with Crippen LogP contribution < -0.4 is 11.3 Å². The van der Waals surface area contributed by atoms with Crippen LogP contribution in [-0.4, -0.2) is 0 Å². The Hall–Kier alpha value is -0.0900. The third-order valence-electron chi connectivity index (χ3n) is 3.59. The second-order valence-corrected chi connectivity index (χ2v) is 6.04. The van der Waals surface area contributed by atoms with E-state index in [9.17, 15) is 0 Å². The quantitative estimate of drug-likeness (QED) is 0.645. The molecule has 0 spiro atoms. The van der Waals surface area contributed by atoms with Crippen molar-refractivity contribution in [2.75, 3.05) is 0 Å². The van der Waals surface area contributed by atoms with Crippen LogP contribution in [0, 0.1) is 5.92 Å². The first-order chi connectivity index (χ1) is 8.20. The van der Waals surface area contributed by atoms with Gasteiger partial charge in [0.2, 0.25) is 0 Å². The molecule has 0 heterocycles. The van der Waals surface area contributed by atoms with E-state index in [0.29, 0.717) is 0 Å². The van der Waals surface area contributed by atoms with Crippen LogP contribution in [0.2, 0.25) is 5.02 Å². The van der Waals surface area contributed by atoms with E-state index >= 15 is 0 Å². The summed E-state index contributed by atoms with van der Waals surface area (Å²) in [4.78, 5) is 0. The molecule has 1 aliphatic rings. The van der Waals surface area contributed by atoms with E-state index in [1.807, 2.05) is 12.1 Å². The van der Waals surface area contributed by atoms with Crippen LogP contribution in [0.3, 0.4) is 0 Å². The second kappa shape index (κ2) is 6.19. The molecule has 1 saturated carbocycles. The first kappa shape index (κ1) is 13.3. The van der Waals surface area contributed by atoms with Crippen molar-refractivity contribution in [3.63, 3.8) is 0 Å². The highest BCUT2D eigenvalue weighted by molar-refractivity contribution is 9.10. The fourth-order valence-corrected chi connectivity index (χ4v) is 3.12. The largest absolute Gasteiger partial charge is 0.271 e. The molecule has 17 heavy (non-hydrogen) atoms. The van der Waals surface area contributed by atoms with Gasteiger partial charge in [0.05, 0.1) is 5.02 Å². The Morgan fingerprint density at radius 3 is 2.71 bits per heavy atom. The van der Waals surface area contributed by atoms with Crippen LogP contribution >= 0.6 is 27.5 Å². The SMILES string of the molecule is NNC(CC1CCCC1)c1ccc(Cl)c(Br)c1. The molecular weight excluding hydrogens is 300 g/mol. The highest BCUT2D eigenvalue weighted by Gasteiger charge is 2.20. The fourth-order valence-electron chi connectivity index (χ4n) is 2.61. The number of hydrogen-bond donors (Lipinski definition) is 2. The van der Waals surface area contributed by atoms with Crippen molar-refractivity contribution in [2.24, 2.45) is 11.8 Å². The van der Waals surface area contributed by atoms with Crippen molar-refractivity contribution in [1.82, 2.24) is 5.43 Å². The summed E-state index contributed by atoms with van der Waals surface area (Å²) in [5, 5.41) is 0.741. The average Bonchev–Trinajstić information content (AvgIpc) is 2.82. The predicted molar refractivity (Wildman–Crippen MR) is 75.8 cm³/mol. The van der Waals surface area contributed by atoms with Gasteiger partial charge in [0.1, 0.15) is 0 Å². The van der Waals surface area contributed by atoms with Gasteiger partial charge in [-0.3, -0.25) is 11.3 Å².